The third kappa shape index (κ3) is 3.15. The molecule has 104 valence electrons. The minimum Gasteiger partial charge on any atom is -0.478 e. The summed E-state index contributed by atoms with van der Waals surface area (Å²) in [5.74, 6) is -0.714. The van der Waals surface area contributed by atoms with Crippen LogP contribution in [0.4, 0.5) is 11.4 Å². The molecule has 2 N–H and O–H groups in total. The lowest BCUT2D eigenvalue weighted by Gasteiger charge is -2.05. The Morgan fingerprint density at radius 2 is 2.20 bits per heavy atom. The monoisotopic (exact) mass is 340 g/mol. The molecule has 0 fully saturated rings. The molecule has 1 aromatic carbocycles. The first kappa shape index (κ1) is 14.1. The number of carboxylic acids is 1. The fourth-order valence-electron chi connectivity index (χ4n) is 1.57. The Hall–Kier alpha value is -2.35. The van der Waals surface area contributed by atoms with Gasteiger partial charge in [-0.3, -0.25) is 10.1 Å². The van der Waals surface area contributed by atoms with Crippen molar-refractivity contribution in [1.29, 1.82) is 0 Å². The van der Waals surface area contributed by atoms with E-state index < -0.39 is 10.9 Å². The van der Waals surface area contributed by atoms with Crippen LogP contribution in [0.2, 0.25) is 0 Å². The standard InChI is InChI=1S/C12H9BrN2O5/c13-8-1-2-10(11(4-8)15(18)19)14-5-9-3-7(6-20-9)12(16)17/h1-4,6,14H,5H2,(H,16,17). The Balaban J connectivity index is 2.14. The van der Waals surface area contributed by atoms with Crippen molar-refractivity contribution in [1.82, 2.24) is 0 Å². The third-order valence-corrected chi connectivity index (χ3v) is 3.00. The molecule has 0 saturated carbocycles. The molecule has 8 heteroatoms. The molecule has 0 atom stereocenters. The highest BCUT2D eigenvalue weighted by molar-refractivity contribution is 9.10. The molecule has 0 aliphatic heterocycles. The van der Waals surface area contributed by atoms with E-state index in [-0.39, 0.29) is 17.8 Å². The number of rotatable bonds is 5. The molecule has 20 heavy (non-hydrogen) atoms. The number of anilines is 1. The van der Waals surface area contributed by atoms with E-state index in [0.29, 0.717) is 15.9 Å². The quantitative estimate of drug-likeness (QED) is 0.639. The molecule has 0 bridgehead atoms. The molecule has 2 rings (SSSR count). The number of nitro groups is 1. The summed E-state index contributed by atoms with van der Waals surface area (Å²) in [7, 11) is 0. The SMILES string of the molecule is O=C(O)c1coc(CNc2ccc(Br)cc2[N+](=O)[O-])c1. The van der Waals surface area contributed by atoms with E-state index in [9.17, 15) is 14.9 Å². The minimum absolute atomic E-state index is 0.0344. The number of carbonyl (C=O) groups is 1. The number of nitro benzene ring substituents is 1. The van der Waals surface area contributed by atoms with Gasteiger partial charge in [-0.05, 0) is 18.2 Å². The molecule has 2 aromatic rings. The Bertz CT molecular complexity index is 668. The molecule has 0 amide bonds. The summed E-state index contributed by atoms with van der Waals surface area (Å²) in [6.45, 7) is 0.149. The van der Waals surface area contributed by atoms with Crippen LogP contribution in [0.15, 0.2) is 39.4 Å². The van der Waals surface area contributed by atoms with Crippen LogP contribution in [0, 0.1) is 10.1 Å². The van der Waals surface area contributed by atoms with Gasteiger partial charge in [0.15, 0.2) is 0 Å². The van der Waals surface area contributed by atoms with Crippen LogP contribution >= 0.6 is 15.9 Å². The zero-order valence-corrected chi connectivity index (χ0v) is 11.6. The maximum absolute atomic E-state index is 10.9. The Labute approximate surface area is 121 Å². The second kappa shape index (κ2) is 5.74. The maximum atomic E-state index is 10.9. The zero-order valence-electron chi connectivity index (χ0n) is 10.00. The van der Waals surface area contributed by atoms with Gasteiger partial charge in [0.2, 0.25) is 0 Å². The number of nitrogens with zero attached hydrogens (tertiary/aromatic N) is 1. The lowest BCUT2D eigenvalue weighted by molar-refractivity contribution is -0.384. The summed E-state index contributed by atoms with van der Waals surface area (Å²) in [5, 5.41) is 22.5. The van der Waals surface area contributed by atoms with E-state index in [1.807, 2.05) is 0 Å². The second-order valence-electron chi connectivity index (χ2n) is 3.88. The van der Waals surface area contributed by atoms with Crippen LogP contribution in [0.3, 0.4) is 0 Å². The van der Waals surface area contributed by atoms with E-state index in [1.165, 1.54) is 12.1 Å². The van der Waals surface area contributed by atoms with Crippen LogP contribution in [0.1, 0.15) is 16.1 Å². The highest BCUT2D eigenvalue weighted by Gasteiger charge is 2.15. The number of furan rings is 1. The van der Waals surface area contributed by atoms with Gasteiger partial charge < -0.3 is 14.8 Å². The van der Waals surface area contributed by atoms with Gasteiger partial charge in [-0.2, -0.15) is 0 Å². The first-order valence-corrected chi connectivity index (χ1v) is 6.25. The van der Waals surface area contributed by atoms with Gasteiger partial charge in [-0.25, -0.2) is 4.79 Å². The van der Waals surface area contributed by atoms with Gasteiger partial charge in [0.05, 0.1) is 17.0 Å². The summed E-state index contributed by atoms with van der Waals surface area (Å²) < 4.78 is 5.65. The number of aromatic carboxylic acids is 1. The van der Waals surface area contributed by atoms with Crippen molar-refractivity contribution in [3.63, 3.8) is 0 Å². The van der Waals surface area contributed by atoms with Crippen molar-refractivity contribution in [2.75, 3.05) is 5.32 Å². The molecule has 0 radical (unpaired) electrons. The topological polar surface area (TPSA) is 106 Å². The number of carboxylic acid groups (broad SMARTS) is 1. The minimum atomic E-state index is -1.09. The molecule has 7 nitrogen and oxygen atoms in total. The van der Waals surface area contributed by atoms with Gasteiger partial charge in [0, 0.05) is 10.5 Å². The van der Waals surface area contributed by atoms with Gasteiger partial charge >= 0.3 is 5.97 Å². The summed E-state index contributed by atoms with van der Waals surface area (Å²) in [6.07, 6.45) is 1.12. The number of hydrogen-bond donors (Lipinski definition) is 2. The van der Waals surface area contributed by atoms with Crippen molar-refractivity contribution in [2.24, 2.45) is 0 Å². The maximum Gasteiger partial charge on any atom is 0.338 e. The van der Waals surface area contributed by atoms with Crippen molar-refractivity contribution < 1.29 is 19.2 Å². The van der Waals surface area contributed by atoms with Crippen molar-refractivity contribution in [3.8, 4) is 0 Å². The molecule has 1 heterocycles. The first-order valence-electron chi connectivity index (χ1n) is 5.46. The van der Waals surface area contributed by atoms with Gasteiger partial charge in [-0.1, -0.05) is 15.9 Å². The Kier molecular flexibility index (Phi) is 4.04. The second-order valence-corrected chi connectivity index (χ2v) is 4.79. The summed E-state index contributed by atoms with van der Waals surface area (Å²) in [4.78, 5) is 21.1. The van der Waals surface area contributed by atoms with Crippen LogP contribution in [-0.2, 0) is 6.54 Å². The molecular weight excluding hydrogens is 332 g/mol. The molecule has 0 spiro atoms. The van der Waals surface area contributed by atoms with Crippen molar-refractivity contribution in [2.45, 2.75) is 6.54 Å². The third-order valence-electron chi connectivity index (χ3n) is 2.51. The lowest BCUT2D eigenvalue weighted by Crippen LogP contribution is -2.02. The van der Waals surface area contributed by atoms with Crippen LogP contribution in [-0.4, -0.2) is 16.0 Å². The normalized spacial score (nSPS) is 10.2. The van der Waals surface area contributed by atoms with E-state index in [4.69, 9.17) is 9.52 Å². The average molecular weight is 341 g/mol. The number of hydrogen-bond acceptors (Lipinski definition) is 5. The predicted molar refractivity (Wildman–Crippen MR) is 73.8 cm³/mol. The van der Waals surface area contributed by atoms with Crippen molar-refractivity contribution in [3.05, 3.63) is 56.4 Å². The van der Waals surface area contributed by atoms with Crippen LogP contribution in [0.5, 0.6) is 0 Å². The molecular formula is C12H9BrN2O5. The number of benzene rings is 1. The van der Waals surface area contributed by atoms with Gasteiger partial charge in [0.25, 0.3) is 5.69 Å². The fraction of sp³-hybridized carbons (Fsp3) is 0.0833. The number of nitrogens with one attached hydrogen (secondary N) is 1. The van der Waals surface area contributed by atoms with Crippen LogP contribution in [0.25, 0.3) is 0 Å². The van der Waals surface area contributed by atoms with E-state index >= 15 is 0 Å². The Morgan fingerprint density at radius 3 is 2.80 bits per heavy atom. The van der Waals surface area contributed by atoms with E-state index in [2.05, 4.69) is 21.2 Å². The van der Waals surface area contributed by atoms with Crippen LogP contribution < -0.4 is 5.32 Å². The first-order chi connectivity index (χ1) is 9.47. The average Bonchev–Trinajstić information content (AvgIpc) is 2.86. The summed E-state index contributed by atoms with van der Waals surface area (Å²) >= 11 is 3.16. The summed E-state index contributed by atoms with van der Waals surface area (Å²) in [6, 6.07) is 5.97. The molecule has 0 aliphatic rings. The highest BCUT2D eigenvalue weighted by atomic mass is 79.9. The lowest BCUT2D eigenvalue weighted by atomic mass is 10.2. The molecule has 1 aromatic heterocycles. The van der Waals surface area contributed by atoms with E-state index in [1.54, 1.807) is 12.1 Å². The number of halogens is 1. The Morgan fingerprint density at radius 1 is 1.45 bits per heavy atom. The highest BCUT2D eigenvalue weighted by Crippen LogP contribution is 2.28. The summed E-state index contributed by atoms with van der Waals surface area (Å²) in [5.41, 5.74) is 0.281. The zero-order chi connectivity index (χ0) is 14.7. The van der Waals surface area contributed by atoms with Crippen molar-refractivity contribution >= 4 is 33.3 Å². The smallest absolute Gasteiger partial charge is 0.338 e. The fourth-order valence-corrected chi connectivity index (χ4v) is 1.92. The van der Waals surface area contributed by atoms with Gasteiger partial charge in [-0.15, -0.1) is 0 Å². The predicted octanol–water partition coefficient (Wildman–Crippen LogP) is 3.26. The van der Waals surface area contributed by atoms with Gasteiger partial charge in [0.1, 0.15) is 17.7 Å². The van der Waals surface area contributed by atoms with E-state index in [0.717, 1.165) is 6.26 Å². The molecule has 0 saturated heterocycles. The largest absolute Gasteiger partial charge is 0.478 e. The molecule has 0 unspecified atom stereocenters. The molecule has 0 aliphatic carbocycles.